The summed E-state index contributed by atoms with van der Waals surface area (Å²) < 4.78 is 20.1. The molecule has 0 saturated heterocycles. The summed E-state index contributed by atoms with van der Waals surface area (Å²) in [6, 6.07) is -0.457. The number of hydrogen-bond acceptors (Lipinski definition) is 3. The van der Waals surface area contributed by atoms with Crippen molar-refractivity contribution in [1.82, 2.24) is 4.72 Å². The molecule has 0 rings (SSSR count). The van der Waals surface area contributed by atoms with Gasteiger partial charge in [0.1, 0.15) is 13.7 Å². The Balaban J connectivity index is 5.06. The smallest absolute Gasteiger partial charge is 0.308 e. The van der Waals surface area contributed by atoms with Crippen molar-refractivity contribution in [2.75, 3.05) is 0 Å². The van der Waals surface area contributed by atoms with Gasteiger partial charge in [0.15, 0.2) is 0 Å². The molecule has 0 aromatic heterocycles. The third-order valence-electron chi connectivity index (χ3n) is 2.22. The van der Waals surface area contributed by atoms with E-state index in [1.165, 1.54) is 0 Å². The van der Waals surface area contributed by atoms with Gasteiger partial charge in [-0.1, -0.05) is 25.6 Å². The highest BCUT2D eigenvalue weighted by Gasteiger charge is 2.25. The van der Waals surface area contributed by atoms with E-state index < -0.39 is 35.4 Å². The largest absolute Gasteiger partial charge is 0.460 e. The second kappa shape index (κ2) is 7.76. The standard InChI is InChI=1S/C16H31NO3SSi/c1-15(2,3)20-14(18)12-13(10-11-22(7,8)9)17-21(19)16(4,5)6/h13,17H,12H2,1-9H3/t13-,21-/m1/s1. The Hall–Kier alpha value is -0.643. The lowest BCUT2D eigenvalue weighted by atomic mass is 10.2. The van der Waals surface area contributed by atoms with Crippen molar-refractivity contribution in [3.05, 3.63) is 0 Å². The number of hydrogen-bond donors (Lipinski definition) is 1. The first-order valence-corrected chi connectivity index (χ1v) is 12.2. The number of esters is 1. The Labute approximate surface area is 139 Å². The molecular formula is C16H31NO3SSi. The van der Waals surface area contributed by atoms with Gasteiger partial charge >= 0.3 is 5.97 Å². The lowest BCUT2D eigenvalue weighted by Gasteiger charge is -2.23. The van der Waals surface area contributed by atoms with E-state index in [9.17, 15) is 9.00 Å². The maximum absolute atomic E-state index is 12.3. The minimum absolute atomic E-state index is 0.0938. The molecule has 0 aliphatic rings. The lowest BCUT2D eigenvalue weighted by Crippen LogP contribution is -2.41. The van der Waals surface area contributed by atoms with Gasteiger partial charge in [0.25, 0.3) is 0 Å². The molecule has 2 atom stereocenters. The van der Waals surface area contributed by atoms with E-state index in [0.717, 1.165) is 0 Å². The van der Waals surface area contributed by atoms with Crippen LogP contribution in [0.15, 0.2) is 0 Å². The van der Waals surface area contributed by atoms with Crippen molar-refractivity contribution in [2.45, 2.75) is 84.0 Å². The maximum Gasteiger partial charge on any atom is 0.308 e. The van der Waals surface area contributed by atoms with Crippen LogP contribution in [-0.4, -0.2) is 34.6 Å². The summed E-state index contributed by atoms with van der Waals surface area (Å²) in [5, 5.41) is 0. The molecule has 0 fully saturated rings. The van der Waals surface area contributed by atoms with Crippen LogP contribution in [-0.2, 0) is 20.5 Å². The maximum atomic E-state index is 12.3. The monoisotopic (exact) mass is 345 g/mol. The van der Waals surface area contributed by atoms with Gasteiger partial charge in [0.05, 0.1) is 28.2 Å². The van der Waals surface area contributed by atoms with E-state index in [4.69, 9.17) is 4.74 Å². The number of ether oxygens (including phenoxy) is 1. The third-order valence-corrected chi connectivity index (χ3v) is 4.72. The number of carbonyl (C=O) groups excluding carboxylic acids is 1. The van der Waals surface area contributed by atoms with Gasteiger partial charge in [-0.2, -0.15) is 0 Å². The predicted molar refractivity (Wildman–Crippen MR) is 96.4 cm³/mol. The minimum Gasteiger partial charge on any atom is -0.460 e. The molecular weight excluding hydrogens is 314 g/mol. The molecule has 0 radical (unpaired) electrons. The van der Waals surface area contributed by atoms with E-state index in [1.807, 2.05) is 41.5 Å². The molecule has 0 amide bonds. The van der Waals surface area contributed by atoms with E-state index in [1.54, 1.807) is 0 Å². The number of rotatable bonds is 4. The Morgan fingerprint density at radius 3 is 2.05 bits per heavy atom. The minimum atomic E-state index is -1.57. The molecule has 0 bridgehead atoms. The first-order valence-electron chi connectivity index (χ1n) is 7.53. The molecule has 0 aromatic rings. The van der Waals surface area contributed by atoms with Gasteiger partial charge in [0, 0.05) is 0 Å². The average Bonchev–Trinajstić information content (AvgIpc) is 2.20. The van der Waals surface area contributed by atoms with Crippen LogP contribution < -0.4 is 4.72 Å². The summed E-state index contributed by atoms with van der Waals surface area (Å²) in [7, 11) is -2.85. The third kappa shape index (κ3) is 11.0. The zero-order valence-corrected chi connectivity index (χ0v) is 17.2. The van der Waals surface area contributed by atoms with Gasteiger partial charge in [-0.05, 0) is 41.5 Å². The zero-order valence-electron chi connectivity index (χ0n) is 15.4. The fourth-order valence-electron chi connectivity index (χ4n) is 1.28. The molecule has 0 saturated carbocycles. The molecule has 0 aromatic carbocycles. The van der Waals surface area contributed by atoms with Crippen LogP contribution in [0.4, 0.5) is 0 Å². The molecule has 4 nitrogen and oxygen atoms in total. The van der Waals surface area contributed by atoms with E-state index in [2.05, 4.69) is 35.8 Å². The second-order valence-electron chi connectivity index (χ2n) is 8.36. The molecule has 0 unspecified atom stereocenters. The summed E-state index contributed by atoms with van der Waals surface area (Å²) in [6.45, 7) is 17.5. The van der Waals surface area contributed by atoms with Crippen LogP contribution in [0.25, 0.3) is 0 Å². The summed E-state index contributed by atoms with van der Waals surface area (Å²) >= 11 is 0. The first kappa shape index (κ1) is 21.4. The van der Waals surface area contributed by atoms with Gasteiger partial charge in [0.2, 0.25) is 0 Å². The summed E-state index contributed by atoms with van der Waals surface area (Å²) in [4.78, 5) is 12.0. The van der Waals surface area contributed by atoms with Gasteiger partial charge in [-0.15, -0.1) is 5.54 Å². The van der Waals surface area contributed by atoms with E-state index >= 15 is 0 Å². The molecule has 0 aliphatic carbocycles. The van der Waals surface area contributed by atoms with Crippen LogP contribution in [0, 0.1) is 11.5 Å². The summed E-state index contributed by atoms with van der Waals surface area (Å²) in [5.41, 5.74) is 2.70. The van der Waals surface area contributed by atoms with Crippen molar-refractivity contribution < 1.29 is 13.7 Å². The normalized spacial score (nSPS) is 15.5. The topological polar surface area (TPSA) is 55.4 Å². The molecule has 1 N–H and O–H groups in total. The lowest BCUT2D eigenvalue weighted by molar-refractivity contribution is -0.154. The SMILES string of the molecule is CC(C)(C)OC(=O)C[C@@H](C#C[Si](C)(C)C)N[S@](=O)C(C)(C)C. The van der Waals surface area contributed by atoms with Gasteiger partial charge in [-0.25, -0.2) is 8.93 Å². The van der Waals surface area contributed by atoms with Crippen molar-refractivity contribution in [3.63, 3.8) is 0 Å². The molecule has 0 aliphatic heterocycles. The Kier molecular flexibility index (Phi) is 7.53. The average molecular weight is 346 g/mol. The van der Waals surface area contributed by atoms with Crippen molar-refractivity contribution in [1.29, 1.82) is 0 Å². The highest BCUT2D eigenvalue weighted by molar-refractivity contribution is 7.84. The summed E-state index contributed by atoms with van der Waals surface area (Å²) in [6.07, 6.45) is 0.0938. The summed E-state index contributed by atoms with van der Waals surface area (Å²) in [5.74, 6) is 2.75. The Morgan fingerprint density at radius 1 is 1.18 bits per heavy atom. The highest BCUT2D eigenvalue weighted by Crippen LogP contribution is 2.13. The molecule has 6 heteroatoms. The van der Waals surface area contributed by atoms with Crippen LogP contribution in [0.2, 0.25) is 19.6 Å². The van der Waals surface area contributed by atoms with E-state index in [-0.39, 0.29) is 12.4 Å². The second-order valence-corrected chi connectivity index (χ2v) is 15.1. The fraction of sp³-hybridized carbons (Fsp3) is 0.812. The van der Waals surface area contributed by atoms with Gasteiger partial charge in [-0.3, -0.25) is 4.79 Å². The van der Waals surface area contributed by atoms with Crippen molar-refractivity contribution in [2.24, 2.45) is 0 Å². The van der Waals surface area contributed by atoms with Crippen LogP contribution in [0.3, 0.4) is 0 Å². The molecule has 0 spiro atoms. The Morgan fingerprint density at radius 2 is 1.68 bits per heavy atom. The molecule has 22 heavy (non-hydrogen) atoms. The Bertz CT molecular complexity index is 473. The highest BCUT2D eigenvalue weighted by atomic mass is 32.2. The van der Waals surface area contributed by atoms with Crippen molar-refractivity contribution >= 4 is 25.0 Å². The zero-order chi connectivity index (χ0) is 17.8. The predicted octanol–water partition coefficient (Wildman–Crippen LogP) is 3.02. The molecule has 128 valence electrons. The van der Waals surface area contributed by atoms with Crippen molar-refractivity contribution in [3.8, 4) is 11.5 Å². The fourth-order valence-corrected chi connectivity index (χ4v) is 2.64. The first-order chi connectivity index (χ1) is 9.60. The van der Waals surface area contributed by atoms with Crippen LogP contribution in [0.1, 0.15) is 48.0 Å². The number of nitrogens with one attached hydrogen (secondary N) is 1. The molecule has 0 heterocycles. The van der Waals surface area contributed by atoms with Crippen LogP contribution in [0.5, 0.6) is 0 Å². The number of carbonyl (C=O) groups is 1. The van der Waals surface area contributed by atoms with Crippen LogP contribution >= 0.6 is 0 Å². The van der Waals surface area contributed by atoms with Gasteiger partial charge < -0.3 is 4.74 Å². The quantitative estimate of drug-likeness (QED) is 0.484. The van der Waals surface area contributed by atoms with E-state index in [0.29, 0.717) is 0 Å².